The fourth-order valence-electron chi connectivity index (χ4n) is 3.42. The van der Waals surface area contributed by atoms with Gasteiger partial charge in [-0.25, -0.2) is 0 Å². The molecule has 1 atom stereocenters. The Balaban J connectivity index is 0.00000192. The van der Waals surface area contributed by atoms with E-state index in [9.17, 15) is 18.0 Å². The summed E-state index contributed by atoms with van der Waals surface area (Å²) in [5.74, 6) is -0.254. The molecule has 3 nitrogen and oxygen atoms in total. The van der Waals surface area contributed by atoms with Gasteiger partial charge in [0, 0.05) is 31.2 Å². The zero-order valence-electron chi connectivity index (χ0n) is 12.9. The smallest absolute Gasteiger partial charge is 0.333 e. The number of nitrogens with zero attached hydrogens (tertiary/aromatic N) is 1. The largest absolute Gasteiger partial charge is 0.416 e. The summed E-state index contributed by atoms with van der Waals surface area (Å²) < 4.78 is 39.3. The van der Waals surface area contributed by atoms with Gasteiger partial charge in [-0.15, -0.1) is 12.4 Å². The second-order valence-corrected chi connectivity index (χ2v) is 5.97. The van der Waals surface area contributed by atoms with E-state index in [-0.39, 0.29) is 29.9 Å². The van der Waals surface area contributed by atoms with Gasteiger partial charge in [0.1, 0.15) is 0 Å². The molecule has 0 saturated carbocycles. The first kappa shape index (κ1) is 18.1. The topological polar surface area (TPSA) is 32.3 Å². The number of piperazine rings is 1. The minimum absolute atomic E-state index is 0. The van der Waals surface area contributed by atoms with Crippen molar-refractivity contribution in [3.63, 3.8) is 0 Å². The van der Waals surface area contributed by atoms with Crippen molar-refractivity contribution in [1.29, 1.82) is 0 Å². The van der Waals surface area contributed by atoms with Crippen LogP contribution in [0.1, 0.15) is 40.4 Å². The van der Waals surface area contributed by atoms with E-state index >= 15 is 0 Å². The van der Waals surface area contributed by atoms with Gasteiger partial charge in [-0.2, -0.15) is 13.2 Å². The number of rotatable bonds is 2. The van der Waals surface area contributed by atoms with E-state index < -0.39 is 11.7 Å². The van der Waals surface area contributed by atoms with Gasteiger partial charge in [0.15, 0.2) is 0 Å². The van der Waals surface area contributed by atoms with Gasteiger partial charge in [0.25, 0.3) is 5.91 Å². The molecule has 1 fully saturated rings. The summed E-state index contributed by atoms with van der Waals surface area (Å²) in [5.41, 5.74) is 1.02. The lowest BCUT2D eigenvalue weighted by Crippen LogP contribution is -2.57. The van der Waals surface area contributed by atoms with Crippen molar-refractivity contribution in [3.8, 4) is 0 Å². The minimum Gasteiger partial charge on any atom is -0.333 e. The first-order valence-corrected chi connectivity index (χ1v) is 7.66. The molecule has 2 heterocycles. The van der Waals surface area contributed by atoms with Crippen molar-refractivity contribution in [2.75, 3.05) is 19.6 Å². The predicted molar refractivity (Wildman–Crippen MR) is 84.1 cm³/mol. The normalized spacial score (nSPS) is 20.6. The molecule has 0 unspecified atom stereocenters. The zero-order chi connectivity index (χ0) is 15.9. The van der Waals surface area contributed by atoms with Crippen LogP contribution < -0.4 is 5.32 Å². The fraction of sp³-hybridized carbons (Fsp3) is 0.562. The number of aryl methyl sites for hydroxylation is 1. The second-order valence-electron chi connectivity index (χ2n) is 5.97. The Morgan fingerprint density at radius 2 is 2.09 bits per heavy atom. The Labute approximate surface area is 139 Å². The van der Waals surface area contributed by atoms with Crippen LogP contribution in [0.4, 0.5) is 13.2 Å². The molecular formula is C16H20ClF3N2O. The van der Waals surface area contributed by atoms with E-state index in [0.717, 1.165) is 18.1 Å². The van der Waals surface area contributed by atoms with Gasteiger partial charge in [0.2, 0.25) is 0 Å². The average Bonchev–Trinajstić information content (AvgIpc) is 2.47. The van der Waals surface area contributed by atoms with Gasteiger partial charge in [-0.05, 0) is 36.1 Å². The van der Waals surface area contributed by atoms with Crippen LogP contribution in [0.15, 0.2) is 12.1 Å². The van der Waals surface area contributed by atoms with E-state index in [2.05, 4.69) is 5.32 Å². The Hall–Kier alpha value is -1.27. The first-order chi connectivity index (χ1) is 10.4. The average molecular weight is 349 g/mol. The molecule has 0 aromatic heterocycles. The maximum Gasteiger partial charge on any atom is 0.416 e. The number of carbonyl (C=O) groups excluding carboxylic acids is 1. The highest BCUT2D eigenvalue weighted by atomic mass is 35.5. The number of fused-ring (bicyclic) bond motifs is 2. The zero-order valence-corrected chi connectivity index (χ0v) is 13.7. The molecule has 128 valence electrons. The second kappa shape index (κ2) is 6.69. The molecule has 2 aliphatic heterocycles. The van der Waals surface area contributed by atoms with Gasteiger partial charge in [-0.3, -0.25) is 4.79 Å². The quantitative estimate of drug-likeness (QED) is 0.891. The highest BCUT2D eigenvalue weighted by Gasteiger charge is 2.38. The van der Waals surface area contributed by atoms with Gasteiger partial charge < -0.3 is 10.2 Å². The summed E-state index contributed by atoms with van der Waals surface area (Å²) in [6.07, 6.45) is -2.45. The fourth-order valence-corrected chi connectivity index (χ4v) is 3.42. The molecule has 7 heteroatoms. The van der Waals surface area contributed by atoms with Gasteiger partial charge in [0.05, 0.1) is 5.56 Å². The maximum absolute atomic E-state index is 13.1. The first-order valence-electron chi connectivity index (χ1n) is 7.66. The number of nitrogens with one attached hydrogen (secondary N) is 1. The molecule has 1 aromatic rings. The third-order valence-corrected chi connectivity index (χ3v) is 4.47. The van der Waals surface area contributed by atoms with Gasteiger partial charge in [-0.1, -0.05) is 13.3 Å². The lowest BCUT2D eigenvalue weighted by atomic mass is 9.85. The third kappa shape index (κ3) is 3.33. The van der Waals surface area contributed by atoms with Crippen LogP contribution in [0.3, 0.4) is 0 Å². The molecule has 0 bridgehead atoms. The molecule has 23 heavy (non-hydrogen) atoms. The van der Waals surface area contributed by atoms with Crippen molar-refractivity contribution in [1.82, 2.24) is 10.2 Å². The van der Waals surface area contributed by atoms with Crippen LogP contribution in [0.25, 0.3) is 0 Å². The molecule has 3 rings (SSSR count). The Morgan fingerprint density at radius 3 is 2.74 bits per heavy atom. The predicted octanol–water partition coefficient (Wildman–Crippen LogP) is 3.05. The molecule has 1 amide bonds. The van der Waals surface area contributed by atoms with Crippen molar-refractivity contribution < 1.29 is 18.0 Å². The van der Waals surface area contributed by atoms with Crippen LogP contribution in [-0.4, -0.2) is 36.5 Å². The number of halogens is 4. The highest BCUT2D eigenvalue weighted by molar-refractivity contribution is 5.97. The lowest BCUT2D eigenvalue weighted by molar-refractivity contribution is -0.137. The Bertz CT molecular complexity index is 604. The van der Waals surface area contributed by atoms with E-state index in [4.69, 9.17) is 0 Å². The van der Waals surface area contributed by atoms with Crippen molar-refractivity contribution >= 4 is 18.3 Å². The summed E-state index contributed by atoms with van der Waals surface area (Å²) in [6, 6.07) is 2.32. The minimum atomic E-state index is -4.42. The van der Waals surface area contributed by atoms with E-state index in [0.29, 0.717) is 38.0 Å². The van der Waals surface area contributed by atoms with E-state index in [1.807, 2.05) is 6.92 Å². The summed E-state index contributed by atoms with van der Waals surface area (Å²) >= 11 is 0. The standard InChI is InChI=1S/C16H19F3N2O.ClH/c1-2-3-10-6-11(16(17,18)19)7-14-13(10)8-12-9-20-4-5-21(12)15(14)22;/h6-7,12,20H,2-5,8-9H2,1H3;1H/t12-;/m1./s1. The Morgan fingerprint density at radius 1 is 1.35 bits per heavy atom. The van der Waals surface area contributed by atoms with E-state index in [1.165, 1.54) is 6.07 Å². The summed E-state index contributed by atoms with van der Waals surface area (Å²) in [5, 5.41) is 3.25. The van der Waals surface area contributed by atoms with Crippen LogP contribution in [0.2, 0.25) is 0 Å². The number of hydrogen-bond donors (Lipinski definition) is 1. The van der Waals surface area contributed by atoms with Gasteiger partial charge >= 0.3 is 6.18 Å². The number of hydrogen-bond acceptors (Lipinski definition) is 2. The summed E-state index contributed by atoms with van der Waals surface area (Å²) in [7, 11) is 0. The maximum atomic E-state index is 13.1. The van der Waals surface area contributed by atoms with Crippen LogP contribution in [0.5, 0.6) is 0 Å². The number of benzene rings is 1. The molecule has 2 aliphatic rings. The molecule has 0 aliphatic carbocycles. The molecular weight excluding hydrogens is 329 g/mol. The number of alkyl halides is 3. The molecule has 0 spiro atoms. The van der Waals surface area contributed by atoms with Crippen molar-refractivity contribution in [2.45, 2.75) is 38.4 Å². The third-order valence-electron chi connectivity index (χ3n) is 4.47. The number of amides is 1. The summed E-state index contributed by atoms with van der Waals surface area (Å²) in [6.45, 7) is 3.89. The van der Waals surface area contributed by atoms with Crippen molar-refractivity contribution in [2.24, 2.45) is 0 Å². The molecule has 1 aromatic carbocycles. The van der Waals surface area contributed by atoms with Crippen LogP contribution in [-0.2, 0) is 19.0 Å². The SMILES string of the molecule is CCCc1cc(C(F)(F)F)cc2c1C[C@@H]1CNCCN1C2=O.Cl. The Kier molecular flexibility index (Phi) is 5.26. The molecule has 0 radical (unpaired) electrons. The number of carbonyl (C=O) groups is 1. The van der Waals surface area contributed by atoms with Crippen LogP contribution >= 0.6 is 12.4 Å². The van der Waals surface area contributed by atoms with E-state index in [1.54, 1.807) is 4.90 Å². The monoisotopic (exact) mass is 348 g/mol. The van der Waals surface area contributed by atoms with Crippen molar-refractivity contribution in [3.05, 3.63) is 34.4 Å². The highest BCUT2D eigenvalue weighted by Crippen LogP contribution is 2.35. The van der Waals surface area contributed by atoms with Crippen LogP contribution in [0, 0.1) is 0 Å². The molecule has 1 saturated heterocycles. The molecule has 1 N–H and O–H groups in total. The lowest BCUT2D eigenvalue weighted by Gasteiger charge is -2.41. The summed E-state index contributed by atoms with van der Waals surface area (Å²) in [4.78, 5) is 14.3.